The van der Waals surface area contributed by atoms with Gasteiger partial charge < -0.3 is 4.74 Å². The second-order valence-corrected chi connectivity index (χ2v) is 5.31. The third kappa shape index (κ3) is 2.79. The average Bonchev–Trinajstić information content (AvgIpc) is 2.63. The molecule has 0 bridgehead atoms. The summed E-state index contributed by atoms with van der Waals surface area (Å²) < 4.78 is 6.06. The third-order valence-corrected chi connectivity index (χ3v) is 3.73. The first-order valence-electron chi connectivity index (χ1n) is 7.58. The van der Waals surface area contributed by atoms with Crippen molar-refractivity contribution < 1.29 is 4.74 Å². The van der Waals surface area contributed by atoms with E-state index in [0.717, 1.165) is 27.8 Å². The highest BCUT2D eigenvalue weighted by Crippen LogP contribution is 2.34. The van der Waals surface area contributed by atoms with Crippen LogP contribution >= 0.6 is 0 Å². The number of hydrogen-bond acceptors (Lipinski definition) is 2. The number of aromatic nitrogens is 1. The monoisotopic (exact) mass is 297 g/mol. The zero-order chi connectivity index (χ0) is 15.5. The summed E-state index contributed by atoms with van der Waals surface area (Å²) in [5.41, 5.74) is 3.02. The van der Waals surface area contributed by atoms with E-state index in [1.807, 2.05) is 66.7 Å². The van der Waals surface area contributed by atoms with Crippen LogP contribution < -0.4 is 4.74 Å². The predicted molar refractivity (Wildman–Crippen MR) is 93.7 cm³/mol. The molecule has 0 atom stereocenters. The fourth-order valence-electron chi connectivity index (χ4n) is 2.60. The van der Waals surface area contributed by atoms with Gasteiger partial charge in [0.1, 0.15) is 5.75 Å². The maximum absolute atomic E-state index is 6.06. The normalized spacial score (nSPS) is 10.6. The van der Waals surface area contributed by atoms with E-state index in [-0.39, 0.29) is 0 Å². The van der Waals surface area contributed by atoms with Crippen molar-refractivity contribution >= 4 is 10.9 Å². The number of ether oxygens (including phenoxy) is 1. The molecule has 0 saturated carbocycles. The molecule has 0 spiro atoms. The van der Waals surface area contributed by atoms with Crippen molar-refractivity contribution in [3.05, 3.63) is 91.0 Å². The molecule has 0 saturated heterocycles. The smallest absolute Gasteiger partial charge is 0.227 e. The topological polar surface area (TPSA) is 22.1 Å². The van der Waals surface area contributed by atoms with Gasteiger partial charge in [0.05, 0.1) is 5.52 Å². The first kappa shape index (κ1) is 13.5. The highest BCUT2D eigenvalue weighted by molar-refractivity contribution is 5.86. The number of para-hydroxylation sites is 2. The van der Waals surface area contributed by atoms with Crippen LogP contribution in [0.4, 0.5) is 0 Å². The summed E-state index contributed by atoms with van der Waals surface area (Å²) in [4.78, 5) is 4.72. The molecule has 1 heterocycles. The van der Waals surface area contributed by atoms with Crippen LogP contribution in [0.3, 0.4) is 0 Å². The minimum Gasteiger partial charge on any atom is -0.438 e. The number of benzene rings is 3. The van der Waals surface area contributed by atoms with E-state index in [4.69, 9.17) is 9.72 Å². The van der Waals surface area contributed by atoms with E-state index in [9.17, 15) is 0 Å². The molecule has 0 aliphatic rings. The van der Waals surface area contributed by atoms with Crippen molar-refractivity contribution in [2.24, 2.45) is 0 Å². The molecule has 0 N–H and O–H groups in total. The zero-order valence-corrected chi connectivity index (χ0v) is 12.5. The molecule has 2 heteroatoms. The SMILES string of the molecule is c1ccc(Oc2nc3ccccc3cc2-c2ccccc2)cc1. The number of fused-ring (bicyclic) bond motifs is 1. The summed E-state index contributed by atoms with van der Waals surface area (Å²) in [7, 11) is 0. The van der Waals surface area contributed by atoms with E-state index < -0.39 is 0 Å². The largest absolute Gasteiger partial charge is 0.438 e. The van der Waals surface area contributed by atoms with Crippen LogP contribution in [0.25, 0.3) is 22.0 Å². The van der Waals surface area contributed by atoms with Gasteiger partial charge in [0.15, 0.2) is 0 Å². The molecule has 4 rings (SSSR count). The van der Waals surface area contributed by atoms with Gasteiger partial charge in [-0.1, -0.05) is 66.7 Å². The summed E-state index contributed by atoms with van der Waals surface area (Å²) >= 11 is 0. The molecule has 0 aliphatic carbocycles. The molecule has 0 radical (unpaired) electrons. The van der Waals surface area contributed by atoms with Crippen LogP contribution in [0, 0.1) is 0 Å². The molecule has 0 fully saturated rings. The van der Waals surface area contributed by atoms with Gasteiger partial charge in [-0.05, 0) is 29.8 Å². The lowest BCUT2D eigenvalue weighted by molar-refractivity contribution is 0.467. The molecule has 3 aromatic carbocycles. The lowest BCUT2D eigenvalue weighted by atomic mass is 10.0. The Morgan fingerprint density at radius 2 is 1.30 bits per heavy atom. The molecule has 4 aromatic rings. The van der Waals surface area contributed by atoms with Gasteiger partial charge in [-0.15, -0.1) is 0 Å². The Balaban J connectivity index is 1.89. The van der Waals surface area contributed by atoms with Crippen LogP contribution in [0.15, 0.2) is 91.0 Å². The van der Waals surface area contributed by atoms with Crippen molar-refractivity contribution in [1.29, 1.82) is 0 Å². The zero-order valence-electron chi connectivity index (χ0n) is 12.5. The first-order chi connectivity index (χ1) is 11.4. The molecule has 1 aromatic heterocycles. The highest BCUT2D eigenvalue weighted by Gasteiger charge is 2.11. The van der Waals surface area contributed by atoms with Crippen LogP contribution in [-0.4, -0.2) is 4.98 Å². The van der Waals surface area contributed by atoms with Crippen molar-refractivity contribution in [2.75, 3.05) is 0 Å². The fourth-order valence-corrected chi connectivity index (χ4v) is 2.60. The minimum absolute atomic E-state index is 0.626. The van der Waals surface area contributed by atoms with Crippen LogP contribution in [-0.2, 0) is 0 Å². The van der Waals surface area contributed by atoms with Gasteiger partial charge in [0, 0.05) is 10.9 Å². The Morgan fingerprint density at radius 3 is 2.09 bits per heavy atom. The lowest BCUT2D eigenvalue weighted by Gasteiger charge is -2.12. The lowest BCUT2D eigenvalue weighted by Crippen LogP contribution is -1.93. The summed E-state index contributed by atoms with van der Waals surface area (Å²) in [5.74, 6) is 1.41. The Labute approximate surface area is 135 Å². The standard InChI is InChI=1S/C21H15NO/c1-3-9-16(10-4-1)19-15-17-11-7-8-14-20(17)22-21(19)23-18-12-5-2-6-13-18/h1-15H. The fraction of sp³-hybridized carbons (Fsp3) is 0. The third-order valence-electron chi connectivity index (χ3n) is 3.73. The first-order valence-corrected chi connectivity index (χ1v) is 7.58. The highest BCUT2D eigenvalue weighted by atomic mass is 16.5. The Kier molecular flexibility index (Phi) is 3.49. The molecule has 110 valence electrons. The molecule has 0 unspecified atom stereocenters. The molecule has 23 heavy (non-hydrogen) atoms. The molecular formula is C21H15NO. The maximum atomic E-state index is 6.06. The second-order valence-electron chi connectivity index (χ2n) is 5.31. The van der Waals surface area contributed by atoms with Gasteiger partial charge in [-0.3, -0.25) is 0 Å². The molecular weight excluding hydrogens is 282 g/mol. The minimum atomic E-state index is 0.626. The summed E-state index contributed by atoms with van der Waals surface area (Å²) in [6.45, 7) is 0. The van der Waals surface area contributed by atoms with Crippen LogP contribution in [0.5, 0.6) is 11.6 Å². The Bertz CT molecular complexity index is 933. The van der Waals surface area contributed by atoms with Crippen molar-refractivity contribution in [1.82, 2.24) is 4.98 Å². The van der Waals surface area contributed by atoms with Gasteiger partial charge >= 0.3 is 0 Å². The Hall–Kier alpha value is -3.13. The predicted octanol–water partition coefficient (Wildman–Crippen LogP) is 5.69. The van der Waals surface area contributed by atoms with E-state index in [2.05, 4.69) is 24.3 Å². The quantitative estimate of drug-likeness (QED) is 0.484. The van der Waals surface area contributed by atoms with Crippen LogP contribution in [0.1, 0.15) is 0 Å². The summed E-state index contributed by atoms with van der Waals surface area (Å²) in [5, 5.41) is 1.10. The molecule has 2 nitrogen and oxygen atoms in total. The van der Waals surface area contributed by atoms with E-state index >= 15 is 0 Å². The average molecular weight is 297 g/mol. The number of nitrogens with zero attached hydrogens (tertiary/aromatic N) is 1. The van der Waals surface area contributed by atoms with Gasteiger partial charge in [-0.25, -0.2) is 4.98 Å². The maximum Gasteiger partial charge on any atom is 0.227 e. The van der Waals surface area contributed by atoms with Gasteiger partial charge in [0.25, 0.3) is 0 Å². The summed E-state index contributed by atoms with van der Waals surface area (Å²) in [6.07, 6.45) is 0. The van der Waals surface area contributed by atoms with E-state index in [0.29, 0.717) is 5.88 Å². The number of hydrogen-bond donors (Lipinski definition) is 0. The Morgan fingerprint density at radius 1 is 0.652 bits per heavy atom. The van der Waals surface area contributed by atoms with E-state index in [1.165, 1.54) is 0 Å². The summed E-state index contributed by atoms with van der Waals surface area (Å²) in [6, 6.07) is 30.2. The van der Waals surface area contributed by atoms with Gasteiger partial charge in [-0.2, -0.15) is 0 Å². The molecule has 0 amide bonds. The van der Waals surface area contributed by atoms with Gasteiger partial charge in [0.2, 0.25) is 5.88 Å². The van der Waals surface area contributed by atoms with Crippen LogP contribution in [0.2, 0.25) is 0 Å². The molecule has 0 aliphatic heterocycles. The second kappa shape index (κ2) is 5.93. The number of rotatable bonds is 3. The van der Waals surface area contributed by atoms with E-state index in [1.54, 1.807) is 0 Å². The van der Waals surface area contributed by atoms with Crippen molar-refractivity contribution in [3.8, 4) is 22.8 Å². The van der Waals surface area contributed by atoms with Crippen molar-refractivity contribution in [2.45, 2.75) is 0 Å². The van der Waals surface area contributed by atoms with Crippen molar-refractivity contribution in [3.63, 3.8) is 0 Å². The number of pyridine rings is 1.